The van der Waals surface area contributed by atoms with Crippen LogP contribution in [0.1, 0.15) is 25.5 Å². The largest absolute Gasteiger partial charge is 0.392 e. The van der Waals surface area contributed by atoms with Crippen molar-refractivity contribution in [1.29, 1.82) is 0 Å². The van der Waals surface area contributed by atoms with Crippen LogP contribution in [-0.4, -0.2) is 33.7 Å². The summed E-state index contributed by atoms with van der Waals surface area (Å²) >= 11 is 5.79. The van der Waals surface area contributed by atoms with Crippen LogP contribution in [0.2, 0.25) is 5.02 Å². The number of aromatic amines is 1. The number of pyridine rings is 1. The smallest absolute Gasteiger partial charge is 0.322 e. The van der Waals surface area contributed by atoms with Crippen molar-refractivity contribution in [2.24, 2.45) is 0 Å². The highest BCUT2D eigenvalue weighted by Crippen LogP contribution is 2.27. The van der Waals surface area contributed by atoms with Crippen LogP contribution in [0.25, 0.3) is 10.8 Å². The fraction of sp³-hybridized carbons (Fsp3) is 0.238. The molecule has 152 valence electrons. The summed E-state index contributed by atoms with van der Waals surface area (Å²) in [6, 6.07) is 10.0. The number of aliphatic hydroxyl groups excluding tert-OH is 1. The predicted octanol–water partition coefficient (Wildman–Crippen LogP) is 4.30. The third-order valence-corrected chi connectivity index (χ3v) is 4.94. The fourth-order valence-electron chi connectivity index (χ4n) is 3.22. The summed E-state index contributed by atoms with van der Waals surface area (Å²) in [5, 5.41) is 13.7. The Morgan fingerprint density at radius 2 is 1.93 bits per heavy atom. The van der Waals surface area contributed by atoms with Crippen molar-refractivity contribution in [3.63, 3.8) is 0 Å². The number of anilines is 1. The van der Waals surface area contributed by atoms with E-state index in [4.69, 9.17) is 11.6 Å². The summed E-state index contributed by atoms with van der Waals surface area (Å²) in [5.41, 5.74) is 0.840. The zero-order chi connectivity index (χ0) is 21.1. The molecule has 0 bridgehead atoms. The van der Waals surface area contributed by atoms with E-state index in [0.717, 1.165) is 17.0 Å². The lowest BCUT2D eigenvalue weighted by Gasteiger charge is -2.31. The van der Waals surface area contributed by atoms with E-state index in [1.807, 2.05) is 12.1 Å². The van der Waals surface area contributed by atoms with Crippen molar-refractivity contribution < 1.29 is 14.3 Å². The highest BCUT2D eigenvalue weighted by atomic mass is 35.5. The first kappa shape index (κ1) is 20.8. The molecule has 0 fully saturated rings. The lowest BCUT2D eigenvalue weighted by atomic mass is 10.0. The Kier molecular flexibility index (Phi) is 6.20. The summed E-state index contributed by atoms with van der Waals surface area (Å²) in [6.45, 7) is 3.43. The van der Waals surface area contributed by atoms with Crippen LogP contribution in [0.4, 0.5) is 14.9 Å². The Bertz CT molecular complexity index is 1100. The summed E-state index contributed by atoms with van der Waals surface area (Å²) in [6.07, 6.45) is 0.793. The average Bonchev–Trinajstić information content (AvgIpc) is 2.69. The quantitative estimate of drug-likeness (QED) is 0.578. The van der Waals surface area contributed by atoms with Gasteiger partial charge in [0, 0.05) is 23.8 Å². The van der Waals surface area contributed by atoms with E-state index < -0.39 is 24.0 Å². The van der Waals surface area contributed by atoms with Crippen LogP contribution in [0.3, 0.4) is 0 Å². The molecule has 0 spiro atoms. The molecule has 0 radical (unpaired) electrons. The minimum atomic E-state index is -0.783. The van der Waals surface area contributed by atoms with E-state index in [1.165, 1.54) is 17.0 Å². The number of nitrogens with zero attached hydrogens (tertiary/aromatic N) is 1. The molecule has 2 atom stereocenters. The SMILES string of the molecule is CC(c1c[nH]c(=O)c2ccccc12)N(C[C@@H](C)O)C(=O)Nc1ccc(F)c(Cl)c1. The van der Waals surface area contributed by atoms with E-state index in [-0.39, 0.29) is 17.1 Å². The maximum absolute atomic E-state index is 13.4. The second-order valence-corrected chi connectivity index (χ2v) is 7.26. The summed E-state index contributed by atoms with van der Waals surface area (Å²) in [5.74, 6) is -0.585. The van der Waals surface area contributed by atoms with E-state index in [0.29, 0.717) is 11.1 Å². The highest BCUT2D eigenvalue weighted by Gasteiger charge is 2.25. The predicted molar refractivity (Wildman–Crippen MR) is 112 cm³/mol. The normalized spacial score (nSPS) is 13.1. The Morgan fingerprint density at radius 3 is 2.59 bits per heavy atom. The van der Waals surface area contributed by atoms with Crippen molar-refractivity contribution in [3.05, 3.63) is 75.4 Å². The van der Waals surface area contributed by atoms with Gasteiger partial charge in [0.2, 0.25) is 0 Å². The number of aliphatic hydroxyl groups is 1. The lowest BCUT2D eigenvalue weighted by molar-refractivity contribution is 0.121. The number of carbonyl (C=O) groups excluding carboxylic acids is 1. The van der Waals surface area contributed by atoms with Crippen LogP contribution in [0, 0.1) is 5.82 Å². The first-order chi connectivity index (χ1) is 13.8. The molecule has 1 heterocycles. The molecule has 0 saturated heterocycles. The summed E-state index contributed by atoms with van der Waals surface area (Å²) in [7, 11) is 0. The first-order valence-electron chi connectivity index (χ1n) is 9.09. The van der Waals surface area contributed by atoms with Crippen LogP contribution >= 0.6 is 11.6 Å². The molecule has 3 N–H and O–H groups in total. The van der Waals surface area contributed by atoms with Crippen LogP contribution < -0.4 is 10.9 Å². The Morgan fingerprint density at radius 1 is 1.24 bits per heavy atom. The van der Waals surface area contributed by atoms with Crippen LogP contribution in [0.15, 0.2) is 53.5 Å². The number of halogens is 2. The van der Waals surface area contributed by atoms with Gasteiger partial charge in [-0.05, 0) is 49.1 Å². The molecule has 29 heavy (non-hydrogen) atoms. The lowest BCUT2D eigenvalue weighted by Crippen LogP contribution is -2.41. The number of hydrogen-bond acceptors (Lipinski definition) is 3. The van der Waals surface area contributed by atoms with Gasteiger partial charge in [-0.1, -0.05) is 29.8 Å². The molecule has 0 aliphatic rings. The monoisotopic (exact) mass is 417 g/mol. The number of benzene rings is 2. The average molecular weight is 418 g/mol. The molecule has 3 aromatic rings. The van der Waals surface area contributed by atoms with E-state index in [2.05, 4.69) is 10.3 Å². The van der Waals surface area contributed by atoms with Gasteiger partial charge in [0.15, 0.2) is 0 Å². The van der Waals surface area contributed by atoms with Crippen molar-refractivity contribution in [1.82, 2.24) is 9.88 Å². The number of H-pyrrole nitrogens is 1. The second-order valence-electron chi connectivity index (χ2n) is 6.86. The molecule has 1 aromatic heterocycles. The zero-order valence-electron chi connectivity index (χ0n) is 15.9. The van der Waals surface area contributed by atoms with Gasteiger partial charge in [-0.15, -0.1) is 0 Å². The number of fused-ring (bicyclic) bond motifs is 1. The van der Waals surface area contributed by atoms with Crippen molar-refractivity contribution in [3.8, 4) is 0 Å². The number of amides is 2. The third kappa shape index (κ3) is 4.58. The molecular weight excluding hydrogens is 397 g/mol. The molecular formula is C21H21ClFN3O3. The molecule has 2 amide bonds. The number of nitrogens with one attached hydrogen (secondary N) is 2. The van der Waals surface area contributed by atoms with Gasteiger partial charge in [0.25, 0.3) is 5.56 Å². The highest BCUT2D eigenvalue weighted by molar-refractivity contribution is 6.31. The number of rotatable bonds is 5. The molecule has 0 aliphatic carbocycles. The second kappa shape index (κ2) is 8.63. The van der Waals surface area contributed by atoms with Gasteiger partial charge in [-0.3, -0.25) is 4.79 Å². The van der Waals surface area contributed by atoms with Crippen LogP contribution in [0.5, 0.6) is 0 Å². The number of aromatic nitrogens is 1. The summed E-state index contributed by atoms with van der Waals surface area (Å²) in [4.78, 5) is 29.2. The van der Waals surface area contributed by atoms with Crippen LogP contribution in [-0.2, 0) is 0 Å². The van der Waals surface area contributed by atoms with Gasteiger partial charge in [-0.2, -0.15) is 0 Å². The molecule has 6 nitrogen and oxygen atoms in total. The topological polar surface area (TPSA) is 85.4 Å². The van der Waals surface area contributed by atoms with Gasteiger partial charge in [-0.25, -0.2) is 9.18 Å². The molecule has 0 aliphatic heterocycles. The minimum absolute atomic E-state index is 0.0510. The Labute approximate surface area is 171 Å². The van der Waals surface area contributed by atoms with Gasteiger partial charge >= 0.3 is 6.03 Å². The van der Waals surface area contributed by atoms with Crippen molar-refractivity contribution in [2.75, 3.05) is 11.9 Å². The van der Waals surface area contributed by atoms with Crippen molar-refractivity contribution >= 4 is 34.1 Å². The number of carbonyl (C=O) groups is 1. The van der Waals surface area contributed by atoms with E-state index in [1.54, 1.807) is 32.2 Å². The Hall–Kier alpha value is -2.90. The van der Waals surface area contributed by atoms with Crippen molar-refractivity contribution in [2.45, 2.75) is 26.0 Å². The van der Waals surface area contributed by atoms with Gasteiger partial charge in [0.1, 0.15) is 5.82 Å². The molecule has 1 unspecified atom stereocenters. The van der Waals surface area contributed by atoms with Gasteiger partial charge in [0.05, 0.1) is 17.2 Å². The number of urea groups is 1. The molecule has 0 saturated carbocycles. The van der Waals surface area contributed by atoms with Gasteiger partial charge < -0.3 is 20.3 Å². The summed E-state index contributed by atoms with van der Waals surface area (Å²) < 4.78 is 13.4. The number of hydrogen-bond donors (Lipinski definition) is 3. The molecule has 3 rings (SSSR count). The molecule has 2 aromatic carbocycles. The Balaban J connectivity index is 1.96. The van der Waals surface area contributed by atoms with E-state index in [9.17, 15) is 19.1 Å². The minimum Gasteiger partial charge on any atom is -0.392 e. The zero-order valence-corrected chi connectivity index (χ0v) is 16.7. The first-order valence-corrected chi connectivity index (χ1v) is 9.46. The maximum Gasteiger partial charge on any atom is 0.322 e. The fourth-order valence-corrected chi connectivity index (χ4v) is 3.40. The molecule has 8 heteroatoms. The standard InChI is InChI=1S/C21H21ClFN3O3/c1-12(27)11-26(21(29)25-14-7-8-19(23)18(22)9-14)13(2)17-10-24-20(28)16-6-4-3-5-15(16)17/h3-10,12-13,27H,11H2,1-2H3,(H,24,28)(H,25,29)/t12-,13?/m1/s1. The maximum atomic E-state index is 13.4. The van der Waals surface area contributed by atoms with E-state index >= 15 is 0 Å². The third-order valence-electron chi connectivity index (χ3n) is 4.65.